The smallest absolute Gasteiger partial charge is 0.321 e. The van der Waals surface area contributed by atoms with Crippen molar-refractivity contribution >= 4 is 11.6 Å². The Morgan fingerprint density at radius 3 is 2.60 bits per heavy atom. The number of carbonyl (C=O) groups excluding carboxylic acids is 1. The number of amides is 1. The van der Waals surface area contributed by atoms with Crippen molar-refractivity contribution in [1.82, 2.24) is 19.7 Å². The van der Waals surface area contributed by atoms with Gasteiger partial charge in [-0.15, -0.1) is 0 Å². The van der Waals surface area contributed by atoms with Crippen LogP contribution in [0.4, 0.5) is 5.69 Å². The first-order chi connectivity index (χ1) is 14.5. The Morgan fingerprint density at radius 2 is 1.90 bits per heavy atom. The summed E-state index contributed by atoms with van der Waals surface area (Å²) in [4.78, 5) is 22.9. The molecule has 1 fully saturated rings. The zero-order valence-corrected chi connectivity index (χ0v) is 17.5. The van der Waals surface area contributed by atoms with E-state index >= 15 is 0 Å². The molecular formula is C23H25N5O2. The van der Waals surface area contributed by atoms with E-state index in [0.717, 1.165) is 40.8 Å². The minimum absolute atomic E-state index is 0.0373. The van der Waals surface area contributed by atoms with Gasteiger partial charge in [0.25, 0.3) is 0 Å². The molecular weight excluding hydrogens is 378 g/mol. The van der Waals surface area contributed by atoms with E-state index in [0.29, 0.717) is 17.8 Å². The molecule has 5 rings (SSSR count). The van der Waals surface area contributed by atoms with Gasteiger partial charge in [-0.3, -0.25) is 9.48 Å². The third-order valence-electron chi connectivity index (χ3n) is 5.87. The van der Waals surface area contributed by atoms with Crippen LogP contribution in [-0.4, -0.2) is 31.7 Å². The molecule has 1 aliphatic heterocycles. The Morgan fingerprint density at radius 1 is 1.13 bits per heavy atom. The van der Waals surface area contributed by atoms with Crippen LogP contribution in [0.5, 0.6) is 11.8 Å². The molecule has 0 N–H and O–H groups in total. The summed E-state index contributed by atoms with van der Waals surface area (Å²) in [5.41, 5.74) is 4.84. The number of anilines is 1. The molecule has 3 aromatic rings. The highest BCUT2D eigenvalue weighted by Crippen LogP contribution is 2.45. The number of hydrogen-bond donors (Lipinski definition) is 0. The molecule has 1 aromatic carbocycles. The van der Waals surface area contributed by atoms with E-state index in [9.17, 15) is 4.79 Å². The topological polar surface area (TPSA) is 73.1 Å². The molecule has 2 aromatic heterocycles. The van der Waals surface area contributed by atoms with Crippen LogP contribution in [0.1, 0.15) is 50.3 Å². The zero-order chi connectivity index (χ0) is 20.8. The SMILES string of the molecule is CC(=O)N1c2ccc(-c3cnn(C4CC4)c3)c(Oc3ncc(C)cn3)c2CC[C@@H]1C. The summed E-state index contributed by atoms with van der Waals surface area (Å²) < 4.78 is 8.30. The largest absolute Gasteiger partial charge is 0.423 e. The van der Waals surface area contributed by atoms with Crippen LogP contribution in [0.2, 0.25) is 0 Å². The van der Waals surface area contributed by atoms with Gasteiger partial charge in [-0.05, 0) is 57.2 Å². The lowest BCUT2D eigenvalue weighted by molar-refractivity contribution is -0.117. The maximum atomic E-state index is 12.4. The minimum atomic E-state index is 0.0373. The van der Waals surface area contributed by atoms with Crippen molar-refractivity contribution in [3.05, 3.63) is 48.0 Å². The van der Waals surface area contributed by atoms with Crippen molar-refractivity contribution in [1.29, 1.82) is 0 Å². The zero-order valence-electron chi connectivity index (χ0n) is 17.5. The number of rotatable bonds is 4. The molecule has 1 atom stereocenters. The minimum Gasteiger partial charge on any atom is -0.423 e. The maximum Gasteiger partial charge on any atom is 0.321 e. The van der Waals surface area contributed by atoms with E-state index in [1.54, 1.807) is 19.3 Å². The number of hydrogen-bond acceptors (Lipinski definition) is 5. The summed E-state index contributed by atoms with van der Waals surface area (Å²) in [7, 11) is 0. The second kappa shape index (κ2) is 7.23. The van der Waals surface area contributed by atoms with Crippen LogP contribution in [0.15, 0.2) is 36.9 Å². The normalized spacial score (nSPS) is 18.2. The van der Waals surface area contributed by atoms with E-state index in [4.69, 9.17) is 4.74 Å². The van der Waals surface area contributed by atoms with Gasteiger partial charge in [-0.25, -0.2) is 9.97 Å². The summed E-state index contributed by atoms with van der Waals surface area (Å²) in [5.74, 6) is 0.750. The third-order valence-corrected chi connectivity index (χ3v) is 5.87. The van der Waals surface area contributed by atoms with Gasteiger partial charge in [0.15, 0.2) is 0 Å². The average molecular weight is 403 g/mol. The molecule has 1 amide bonds. The average Bonchev–Trinajstić information content (AvgIpc) is 3.46. The molecule has 0 bridgehead atoms. The van der Waals surface area contributed by atoms with E-state index in [1.807, 2.05) is 34.8 Å². The number of benzene rings is 1. The second-order valence-electron chi connectivity index (χ2n) is 8.30. The number of aryl methyl sites for hydroxylation is 1. The quantitative estimate of drug-likeness (QED) is 0.643. The van der Waals surface area contributed by atoms with Crippen LogP contribution in [-0.2, 0) is 11.2 Å². The van der Waals surface area contributed by atoms with Crippen LogP contribution in [0.25, 0.3) is 11.1 Å². The van der Waals surface area contributed by atoms with Gasteiger partial charge in [0, 0.05) is 48.2 Å². The highest BCUT2D eigenvalue weighted by molar-refractivity contribution is 5.95. The van der Waals surface area contributed by atoms with Gasteiger partial charge < -0.3 is 9.64 Å². The van der Waals surface area contributed by atoms with Crippen molar-refractivity contribution < 1.29 is 9.53 Å². The van der Waals surface area contributed by atoms with E-state index in [1.165, 1.54) is 12.8 Å². The fourth-order valence-corrected chi connectivity index (χ4v) is 4.17. The third kappa shape index (κ3) is 3.34. The van der Waals surface area contributed by atoms with Crippen LogP contribution in [0.3, 0.4) is 0 Å². The molecule has 7 heteroatoms. The number of ether oxygens (including phenoxy) is 1. The van der Waals surface area contributed by atoms with E-state index in [-0.39, 0.29) is 11.9 Å². The number of aromatic nitrogens is 4. The van der Waals surface area contributed by atoms with E-state index in [2.05, 4.69) is 28.2 Å². The summed E-state index contributed by atoms with van der Waals surface area (Å²) in [6.07, 6.45) is 11.5. The summed E-state index contributed by atoms with van der Waals surface area (Å²) in [5, 5.41) is 4.55. The van der Waals surface area contributed by atoms with Gasteiger partial charge >= 0.3 is 6.01 Å². The van der Waals surface area contributed by atoms with Crippen LogP contribution < -0.4 is 9.64 Å². The molecule has 0 unspecified atom stereocenters. The Labute approximate surface area is 175 Å². The van der Waals surface area contributed by atoms with Gasteiger partial charge in [-0.2, -0.15) is 5.10 Å². The lowest BCUT2D eigenvalue weighted by Gasteiger charge is -2.35. The molecule has 2 aliphatic rings. The first-order valence-electron chi connectivity index (χ1n) is 10.5. The molecule has 30 heavy (non-hydrogen) atoms. The van der Waals surface area contributed by atoms with Crippen LogP contribution >= 0.6 is 0 Å². The summed E-state index contributed by atoms with van der Waals surface area (Å²) in [6, 6.07) is 5.01. The number of nitrogens with zero attached hydrogens (tertiary/aromatic N) is 5. The number of fused-ring (bicyclic) bond motifs is 1. The molecule has 7 nitrogen and oxygen atoms in total. The standard InChI is InChI=1S/C23H25N5O2/c1-14-10-24-23(25-11-14)30-22-19(17-12-26-27(13-17)18-5-6-18)8-9-21-20(22)7-4-15(2)28(21)16(3)29/h8-13,15,18H,4-7H2,1-3H3/t15-/m0/s1. The fourth-order valence-electron chi connectivity index (χ4n) is 4.17. The second-order valence-corrected chi connectivity index (χ2v) is 8.30. The van der Waals surface area contributed by atoms with Gasteiger partial charge in [0.05, 0.1) is 17.9 Å². The highest BCUT2D eigenvalue weighted by atomic mass is 16.5. The lowest BCUT2D eigenvalue weighted by Crippen LogP contribution is -2.40. The molecule has 1 aliphatic carbocycles. The molecule has 0 saturated heterocycles. The van der Waals surface area contributed by atoms with Crippen molar-refractivity contribution in [3.63, 3.8) is 0 Å². The van der Waals surface area contributed by atoms with Crippen molar-refractivity contribution in [2.45, 2.75) is 58.5 Å². The van der Waals surface area contributed by atoms with Crippen molar-refractivity contribution in [2.75, 3.05) is 4.90 Å². The molecule has 3 heterocycles. The fraction of sp³-hybridized carbons (Fsp3) is 0.391. The van der Waals surface area contributed by atoms with E-state index < -0.39 is 0 Å². The molecule has 0 spiro atoms. The maximum absolute atomic E-state index is 12.4. The first-order valence-corrected chi connectivity index (χ1v) is 10.5. The Kier molecular flexibility index (Phi) is 4.53. The molecule has 0 radical (unpaired) electrons. The summed E-state index contributed by atoms with van der Waals surface area (Å²) >= 11 is 0. The molecule has 1 saturated carbocycles. The predicted molar refractivity (Wildman–Crippen MR) is 114 cm³/mol. The van der Waals surface area contributed by atoms with Crippen molar-refractivity contribution in [3.8, 4) is 22.9 Å². The van der Waals surface area contributed by atoms with Gasteiger partial charge in [0.1, 0.15) is 5.75 Å². The summed E-state index contributed by atoms with van der Waals surface area (Å²) in [6.45, 7) is 5.64. The number of carbonyl (C=O) groups is 1. The Bertz CT molecular complexity index is 1100. The Balaban J connectivity index is 1.64. The predicted octanol–water partition coefficient (Wildman–Crippen LogP) is 4.46. The van der Waals surface area contributed by atoms with Crippen LogP contribution in [0, 0.1) is 6.92 Å². The first kappa shape index (κ1) is 18.8. The Hall–Kier alpha value is -3.22. The monoisotopic (exact) mass is 403 g/mol. The van der Waals surface area contributed by atoms with Crippen molar-refractivity contribution in [2.24, 2.45) is 0 Å². The van der Waals surface area contributed by atoms with Gasteiger partial charge in [-0.1, -0.05) is 0 Å². The molecule has 154 valence electrons. The van der Waals surface area contributed by atoms with Gasteiger partial charge in [0.2, 0.25) is 5.91 Å². The lowest BCUT2D eigenvalue weighted by atomic mass is 9.92. The highest BCUT2D eigenvalue weighted by Gasteiger charge is 2.31.